The molecule has 0 aliphatic carbocycles. The van der Waals surface area contributed by atoms with Gasteiger partial charge in [-0.1, -0.05) is 12.2 Å². The van der Waals surface area contributed by atoms with E-state index in [1.807, 2.05) is 4.90 Å². The van der Waals surface area contributed by atoms with E-state index >= 15 is 0 Å². The topological polar surface area (TPSA) is 23.5 Å². The molecule has 0 spiro atoms. The van der Waals surface area contributed by atoms with Gasteiger partial charge in [0.2, 0.25) is 0 Å². The van der Waals surface area contributed by atoms with Crippen LogP contribution in [-0.2, 0) is 0 Å². The Hall–Kier alpha value is -0.410. The van der Waals surface area contributed by atoms with Gasteiger partial charge in [0.1, 0.15) is 6.17 Å². The highest BCUT2D eigenvalue weighted by molar-refractivity contribution is 5.18. The minimum atomic E-state index is -0.759. The number of hydrogen-bond donors (Lipinski definition) is 1. The molecule has 2 atom stereocenters. The standard InChI is InChI=1S/C9H14FNO/c1-7-2-9(6-12)3-8(10)5-11(9)4-7/h8,12H,1-6H2/t8-,9?/m0/s1. The van der Waals surface area contributed by atoms with Crippen LogP contribution in [0.15, 0.2) is 12.2 Å². The first-order chi connectivity index (χ1) is 5.66. The molecule has 1 unspecified atom stereocenters. The maximum atomic E-state index is 13.0. The highest BCUT2D eigenvalue weighted by Gasteiger charge is 2.49. The van der Waals surface area contributed by atoms with Gasteiger partial charge in [0.15, 0.2) is 0 Å². The summed E-state index contributed by atoms with van der Waals surface area (Å²) in [4.78, 5) is 2.03. The van der Waals surface area contributed by atoms with Gasteiger partial charge in [-0.15, -0.1) is 0 Å². The van der Waals surface area contributed by atoms with Crippen molar-refractivity contribution in [1.29, 1.82) is 0 Å². The maximum absolute atomic E-state index is 13.0. The van der Waals surface area contributed by atoms with Gasteiger partial charge in [-0.2, -0.15) is 0 Å². The number of aliphatic hydroxyl groups is 1. The van der Waals surface area contributed by atoms with Crippen molar-refractivity contribution in [3.63, 3.8) is 0 Å². The van der Waals surface area contributed by atoms with Crippen LogP contribution in [0.5, 0.6) is 0 Å². The Balaban J connectivity index is 2.21. The molecule has 2 nitrogen and oxygen atoms in total. The second-order valence-electron chi connectivity index (χ2n) is 3.99. The van der Waals surface area contributed by atoms with Crippen LogP contribution >= 0.6 is 0 Å². The van der Waals surface area contributed by atoms with Crippen LogP contribution in [0.2, 0.25) is 0 Å². The molecule has 1 N–H and O–H groups in total. The Morgan fingerprint density at radius 2 is 2.50 bits per heavy atom. The summed E-state index contributed by atoms with van der Waals surface area (Å²) >= 11 is 0. The molecule has 3 heteroatoms. The van der Waals surface area contributed by atoms with Gasteiger partial charge in [-0.05, 0) is 6.42 Å². The first-order valence-corrected chi connectivity index (χ1v) is 4.33. The van der Waals surface area contributed by atoms with Crippen molar-refractivity contribution in [3.05, 3.63) is 12.2 Å². The Morgan fingerprint density at radius 1 is 1.75 bits per heavy atom. The summed E-state index contributed by atoms with van der Waals surface area (Å²) in [6.07, 6.45) is 0.483. The molecule has 0 aromatic heterocycles. The van der Waals surface area contributed by atoms with E-state index in [-0.39, 0.29) is 12.1 Å². The van der Waals surface area contributed by atoms with E-state index in [9.17, 15) is 9.50 Å². The van der Waals surface area contributed by atoms with Gasteiger partial charge >= 0.3 is 0 Å². The van der Waals surface area contributed by atoms with E-state index < -0.39 is 6.17 Å². The van der Waals surface area contributed by atoms with Crippen LogP contribution in [-0.4, -0.2) is 41.4 Å². The normalized spacial score (nSPS) is 42.2. The third-order valence-corrected chi connectivity index (χ3v) is 2.98. The summed E-state index contributed by atoms with van der Waals surface area (Å²) < 4.78 is 13.0. The third kappa shape index (κ3) is 1.00. The lowest BCUT2D eigenvalue weighted by Gasteiger charge is -2.28. The van der Waals surface area contributed by atoms with Crippen LogP contribution in [0.25, 0.3) is 0 Å². The predicted octanol–water partition coefficient (Wildman–Crippen LogP) is 0.721. The largest absolute Gasteiger partial charge is 0.394 e. The lowest BCUT2D eigenvalue weighted by molar-refractivity contribution is 0.0997. The molecule has 12 heavy (non-hydrogen) atoms. The van der Waals surface area contributed by atoms with Crippen LogP contribution in [0.1, 0.15) is 12.8 Å². The first-order valence-electron chi connectivity index (χ1n) is 4.33. The smallest absolute Gasteiger partial charge is 0.115 e. The molecular weight excluding hydrogens is 157 g/mol. The molecular formula is C9H14FNO. The van der Waals surface area contributed by atoms with Crippen molar-refractivity contribution in [2.45, 2.75) is 24.6 Å². The second kappa shape index (κ2) is 2.54. The summed E-state index contributed by atoms with van der Waals surface area (Å²) in [5, 5.41) is 9.21. The van der Waals surface area contributed by atoms with Gasteiger partial charge in [-0.25, -0.2) is 4.39 Å². The molecule has 68 valence electrons. The van der Waals surface area contributed by atoms with E-state index in [1.54, 1.807) is 0 Å². The number of fused-ring (bicyclic) bond motifs is 1. The number of aliphatic hydroxyl groups excluding tert-OH is 1. The predicted molar refractivity (Wildman–Crippen MR) is 44.7 cm³/mol. The van der Waals surface area contributed by atoms with Crippen molar-refractivity contribution in [3.8, 4) is 0 Å². The lowest BCUT2D eigenvalue weighted by Crippen LogP contribution is -2.41. The van der Waals surface area contributed by atoms with Crippen LogP contribution < -0.4 is 0 Å². The van der Waals surface area contributed by atoms with Crippen molar-refractivity contribution in [2.24, 2.45) is 0 Å². The van der Waals surface area contributed by atoms with E-state index in [2.05, 4.69) is 6.58 Å². The average Bonchev–Trinajstić information content (AvgIpc) is 2.40. The van der Waals surface area contributed by atoms with E-state index in [1.165, 1.54) is 0 Å². The minimum absolute atomic E-state index is 0.0619. The van der Waals surface area contributed by atoms with E-state index in [4.69, 9.17) is 0 Å². The molecule has 2 fully saturated rings. The zero-order chi connectivity index (χ0) is 8.77. The molecule has 2 heterocycles. The zero-order valence-corrected chi connectivity index (χ0v) is 7.09. The van der Waals surface area contributed by atoms with Crippen molar-refractivity contribution in [2.75, 3.05) is 19.7 Å². The van der Waals surface area contributed by atoms with Gasteiger partial charge in [0.05, 0.1) is 12.1 Å². The van der Waals surface area contributed by atoms with Crippen molar-refractivity contribution in [1.82, 2.24) is 4.90 Å². The second-order valence-corrected chi connectivity index (χ2v) is 3.99. The monoisotopic (exact) mass is 171 g/mol. The molecule has 2 aliphatic rings. The van der Waals surface area contributed by atoms with Crippen molar-refractivity contribution >= 4 is 0 Å². The van der Waals surface area contributed by atoms with Crippen LogP contribution in [0.4, 0.5) is 4.39 Å². The highest BCUT2D eigenvalue weighted by Crippen LogP contribution is 2.41. The molecule has 0 amide bonds. The fourth-order valence-corrected chi connectivity index (χ4v) is 2.47. The van der Waals surface area contributed by atoms with Gasteiger partial charge in [0.25, 0.3) is 0 Å². The Bertz CT molecular complexity index is 219. The van der Waals surface area contributed by atoms with E-state index in [0.717, 1.165) is 18.5 Å². The average molecular weight is 171 g/mol. The third-order valence-electron chi connectivity index (χ3n) is 2.98. The molecule has 2 aliphatic heterocycles. The fourth-order valence-electron chi connectivity index (χ4n) is 2.47. The minimum Gasteiger partial charge on any atom is -0.394 e. The Kier molecular flexibility index (Phi) is 1.73. The summed E-state index contributed by atoms with van der Waals surface area (Å²) in [6.45, 7) is 5.18. The quantitative estimate of drug-likeness (QED) is 0.588. The summed E-state index contributed by atoms with van der Waals surface area (Å²) in [6, 6.07) is 0. The van der Waals surface area contributed by atoms with Gasteiger partial charge in [-0.3, -0.25) is 4.90 Å². The summed E-state index contributed by atoms with van der Waals surface area (Å²) in [5.41, 5.74) is 0.826. The molecule has 0 saturated carbocycles. The highest BCUT2D eigenvalue weighted by atomic mass is 19.1. The first kappa shape index (κ1) is 8.20. The van der Waals surface area contributed by atoms with Gasteiger partial charge in [0, 0.05) is 19.5 Å². The summed E-state index contributed by atoms with van der Waals surface area (Å²) in [7, 11) is 0. The lowest BCUT2D eigenvalue weighted by atomic mass is 9.93. The van der Waals surface area contributed by atoms with Gasteiger partial charge < -0.3 is 5.11 Å². The molecule has 0 radical (unpaired) electrons. The Morgan fingerprint density at radius 3 is 3.08 bits per heavy atom. The fraction of sp³-hybridized carbons (Fsp3) is 0.778. The van der Waals surface area contributed by atoms with Crippen LogP contribution in [0.3, 0.4) is 0 Å². The number of halogens is 1. The molecule has 2 saturated heterocycles. The summed E-state index contributed by atoms with van der Waals surface area (Å²) in [5.74, 6) is 0. The molecule has 2 rings (SSSR count). The van der Waals surface area contributed by atoms with Crippen molar-refractivity contribution < 1.29 is 9.50 Å². The molecule has 0 bridgehead atoms. The zero-order valence-electron chi connectivity index (χ0n) is 7.09. The Labute approximate surface area is 71.7 Å². The number of nitrogens with zero attached hydrogens (tertiary/aromatic N) is 1. The van der Waals surface area contributed by atoms with E-state index in [0.29, 0.717) is 13.0 Å². The number of hydrogen-bond acceptors (Lipinski definition) is 2. The van der Waals surface area contributed by atoms with Crippen LogP contribution in [0, 0.1) is 0 Å². The number of alkyl halides is 1. The molecule has 0 aromatic carbocycles. The SMILES string of the molecule is C=C1CN2C[C@@H](F)CC2(CO)C1. The number of rotatable bonds is 1. The molecule has 0 aromatic rings. The maximum Gasteiger partial charge on any atom is 0.115 e.